The molecule has 0 saturated carbocycles. The van der Waals surface area contributed by atoms with E-state index in [4.69, 9.17) is 18.9 Å². The first-order valence-corrected chi connectivity index (χ1v) is 9.29. The molecule has 3 aliphatic rings. The Morgan fingerprint density at radius 1 is 1.15 bits per heavy atom. The number of hydrogen-bond acceptors (Lipinski definition) is 5. The first-order chi connectivity index (χ1) is 12.8. The number of nitrogens with zero attached hydrogens (tertiary/aromatic N) is 1. The van der Waals surface area contributed by atoms with Gasteiger partial charge < -0.3 is 18.9 Å². The Hall–Kier alpha value is -1.89. The van der Waals surface area contributed by atoms with Gasteiger partial charge in [-0.3, -0.25) is 4.90 Å². The molecule has 26 heavy (non-hydrogen) atoms. The summed E-state index contributed by atoms with van der Waals surface area (Å²) in [6.45, 7) is 2.75. The van der Waals surface area contributed by atoms with Gasteiger partial charge in [-0.15, -0.1) is 0 Å². The Morgan fingerprint density at radius 2 is 1.96 bits per heavy atom. The number of ether oxygens (including phenoxy) is 4. The number of carbonyl (C=O) groups is 1. The van der Waals surface area contributed by atoms with Crippen LogP contribution in [0.15, 0.2) is 42.0 Å². The Balaban J connectivity index is 1.35. The van der Waals surface area contributed by atoms with Crippen molar-refractivity contribution in [3.63, 3.8) is 0 Å². The summed E-state index contributed by atoms with van der Waals surface area (Å²) in [5, 5.41) is 0. The minimum Gasteiger partial charge on any atom is -0.445 e. The predicted octanol–water partition coefficient (Wildman–Crippen LogP) is 2.88. The summed E-state index contributed by atoms with van der Waals surface area (Å²) in [6.07, 6.45) is 4.44. The Morgan fingerprint density at radius 3 is 2.73 bits per heavy atom. The van der Waals surface area contributed by atoms with Crippen molar-refractivity contribution in [1.82, 2.24) is 4.90 Å². The molecule has 0 spiro atoms. The normalized spacial score (nSPS) is 25.8. The fourth-order valence-electron chi connectivity index (χ4n) is 3.83. The van der Waals surface area contributed by atoms with Gasteiger partial charge >= 0.3 is 6.09 Å². The van der Waals surface area contributed by atoms with E-state index in [1.54, 1.807) is 0 Å². The van der Waals surface area contributed by atoms with Gasteiger partial charge in [-0.05, 0) is 18.4 Å². The van der Waals surface area contributed by atoms with Crippen LogP contribution in [0.25, 0.3) is 0 Å². The van der Waals surface area contributed by atoms with Crippen LogP contribution in [-0.2, 0) is 25.6 Å². The van der Waals surface area contributed by atoms with Gasteiger partial charge in [0.15, 0.2) is 6.29 Å². The summed E-state index contributed by atoms with van der Waals surface area (Å²) in [7, 11) is 0. The summed E-state index contributed by atoms with van der Waals surface area (Å²) in [5.74, 6) is 0. The minimum atomic E-state index is -0.259. The SMILES string of the molecule is O=C(OCc1ccccc1)N1C2C=C(CCC3OCCO3)CC1COC2. The van der Waals surface area contributed by atoms with E-state index >= 15 is 0 Å². The number of morpholine rings is 1. The molecule has 2 fully saturated rings. The van der Waals surface area contributed by atoms with Crippen LogP contribution in [0.2, 0.25) is 0 Å². The lowest BCUT2D eigenvalue weighted by molar-refractivity contribution is -0.0495. The number of fused-ring (bicyclic) bond motifs is 2. The summed E-state index contributed by atoms with van der Waals surface area (Å²) in [4.78, 5) is 14.5. The van der Waals surface area contributed by atoms with Gasteiger partial charge in [0.1, 0.15) is 6.61 Å². The number of amides is 1. The van der Waals surface area contributed by atoms with Crippen molar-refractivity contribution in [2.24, 2.45) is 0 Å². The van der Waals surface area contributed by atoms with E-state index in [-0.39, 0.29) is 24.5 Å². The third-order valence-electron chi connectivity index (χ3n) is 5.08. The first kappa shape index (κ1) is 17.5. The van der Waals surface area contributed by atoms with Crippen molar-refractivity contribution in [2.75, 3.05) is 26.4 Å². The van der Waals surface area contributed by atoms with E-state index in [1.165, 1.54) is 5.57 Å². The zero-order valence-electron chi connectivity index (χ0n) is 14.8. The lowest BCUT2D eigenvalue weighted by atomic mass is 9.92. The molecule has 3 heterocycles. The molecule has 0 aliphatic carbocycles. The Kier molecular flexibility index (Phi) is 5.53. The Bertz CT molecular complexity index is 641. The average molecular weight is 359 g/mol. The quantitative estimate of drug-likeness (QED) is 0.757. The highest BCUT2D eigenvalue weighted by Crippen LogP contribution is 2.30. The van der Waals surface area contributed by atoms with Crippen molar-refractivity contribution in [1.29, 1.82) is 0 Å². The second kappa shape index (κ2) is 8.20. The Labute approximate surface area is 153 Å². The van der Waals surface area contributed by atoms with E-state index in [1.807, 2.05) is 35.2 Å². The fraction of sp³-hybridized carbons (Fsp3) is 0.550. The lowest BCUT2D eigenvalue weighted by Crippen LogP contribution is -2.56. The number of rotatable bonds is 5. The van der Waals surface area contributed by atoms with Gasteiger partial charge in [-0.2, -0.15) is 0 Å². The van der Waals surface area contributed by atoms with E-state index < -0.39 is 0 Å². The molecule has 1 aromatic rings. The maximum Gasteiger partial charge on any atom is 0.411 e. The van der Waals surface area contributed by atoms with Gasteiger partial charge in [0, 0.05) is 6.42 Å². The predicted molar refractivity (Wildman–Crippen MR) is 94.5 cm³/mol. The maximum atomic E-state index is 12.6. The molecule has 0 N–H and O–H groups in total. The first-order valence-electron chi connectivity index (χ1n) is 9.29. The topological polar surface area (TPSA) is 57.2 Å². The summed E-state index contributed by atoms with van der Waals surface area (Å²) in [6, 6.07) is 9.75. The van der Waals surface area contributed by atoms with Gasteiger partial charge in [0.2, 0.25) is 0 Å². The molecule has 6 nitrogen and oxygen atoms in total. The highest BCUT2D eigenvalue weighted by molar-refractivity contribution is 5.69. The molecular weight excluding hydrogens is 334 g/mol. The van der Waals surface area contributed by atoms with Crippen molar-refractivity contribution < 1.29 is 23.7 Å². The number of benzene rings is 1. The van der Waals surface area contributed by atoms with E-state index in [0.717, 1.165) is 24.8 Å². The molecule has 1 aromatic carbocycles. The van der Waals surface area contributed by atoms with E-state index in [9.17, 15) is 4.79 Å². The van der Waals surface area contributed by atoms with Crippen LogP contribution in [0.5, 0.6) is 0 Å². The number of carbonyl (C=O) groups excluding carboxylic acids is 1. The standard InChI is InChI=1S/C20H25NO5/c22-20(26-12-15-4-2-1-3-5-15)21-17-10-16(11-18(21)14-23-13-17)6-7-19-24-8-9-25-19/h1-5,10,17-19H,6-9,11-14H2. The van der Waals surface area contributed by atoms with Crippen LogP contribution in [0.1, 0.15) is 24.8 Å². The van der Waals surface area contributed by atoms with Crippen molar-refractivity contribution in [3.8, 4) is 0 Å². The average Bonchev–Trinajstić information content (AvgIpc) is 3.18. The summed E-state index contributed by atoms with van der Waals surface area (Å²) in [5.41, 5.74) is 2.35. The van der Waals surface area contributed by atoms with Crippen LogP contribution >= 0.6 is 0 Å². The molecule has 2 bridgehead atoms. The van der Waals surface area contributed by atoms with Crippen LogP contribution in [0, 0.1) is 0 Å². The molecule has 2 atom stereocenters. The van der Waals surface area contributed by atoms with Crippen molar-refractivity contribution in [2.45, 2.75) is 44.2 Å². The van der Waals surface area contributed by atoms with Gasteiger partial charge in [-0.1, -0.05) is 42.0 Å². The highest BCUT2D eigenvalue weighted by atomic mass is 16.7. The zero-order valence-corrected chi connectivity index (χ0v) is 14.8. The zero-order chi connectivity index (χ0) is 17.8. The molecule has 140 valence electrons. The maximum absolute atomic E-state index is 12.6. The lowest BCUT2D eigenvalue weighted by Gasteiger charge is -2.43. The van der Waals surface area contributed by atoms with Crippen molar-refractivity contribution >= 4 is 6.09 Å². The summed E-state index contributed by atoms with van der Waals surface area (Å²) >= 11 is 0. The summed E-state index contributed by atoms with van der Waals surface area (Å²) < 4.78 is 22.2. The van der Waals surface area contributed by atoms with E-state index in [2.05, 4.69) is 6.08 Å². The molecule has 0 radical (unpaired) electrons. The van der Waals surface area contributed by atoms with Crippen LogP contribution < -0.4 is 0 Å². The highest BCUT2D eigenvalue weighted by Gasteiger charge is 2.38. The molecule has 2 saturated heterocycles. The van der Waals surface area contributed by atoms with Gasteiger partial charge in [0.25, 0.3) is 0 Å². The number of hydrogen-bond donors (Lipinski definition) is 0. The molecule has 3 aliphatic heterocycles. The van der Waals surface area contributed by atoms with Crippen molar-refractivity contribution in [3.05, 3.63) is 47.5 Å². The second-order valence-corrected chi connectivity index (χ2v) is 6.94. The monoisotopic (exact) mass is 359 g/mol. The van der Waals surface area contributed by atoms with Gasteiger partial charge in [0.05, 0.1) is 38.5 Å². The minimum absolute atomic E-state index is 0.0439. The third kappa shape index (κ3) is 4.09. The molecule has 6 heteroatoms. The molecule has 0 aromatic heterocycles. The van der Waals surface area contributed by atoms with E-state index in [0.29, 0.717) is 33.0 Å². The molecule has 1 amide bonds. The van der Waals surface area contributed by atoms with Crippen LogP contribution in [0.3, 0.4) is 0 Å². The fourth-order valence-corrected chi connectivity index (χ4v) is 3.83. The smallest absolute Gasteiger partial charge is 0.411 e. The largest absolute Gasteiger partial charge is 0.445 e. The van der Waals surface area contributed by atoms with Crippen LogP contribution in [0.4, 0.5) is 4.79 Å². The molecular formula is C20H25NO5. The van der Waals surface area contributed by atoms with Crippen LogP contribution in [-0.4, -0.2) is 55.8 Å². The molecule has 2 unspecified atom stereocenters. The second-order valence-electron chi connectivity index (χ2n) is 6.94. The molecule has 4 rings (SSSR count). The third-order valence-corrected chi connectivity index (χ3v) is 5.08. The van der Waals surface area contributed by atoms with Gasteiger partial charge in [-0.25, -0.2) is 4.79 Å².